The number of amides is 1. The lowest BCUT2D eigenvalue weighted by Gasteiger charge is -2.21. The molecule has 2 N–H and O–H groups in total. The van der Waals surface area contributed by atoms with Gasteiger partial charge in [-0.1, -0.05) is 0 Å². The van der Waals surface area contributed by atoms with E-state index >= 15 is 0 Å². The molecule has 1 unspecified atom stereocenters. The van der Waals surface area contributed by atoms with Crippen LogP contribution in [0.3, 0.4) is 0 Å². The number of carbonyl (C=O) groups excluding carboxylic acids is 1. The molecule has 2 heterocycles. The molecular formula is C12H18N4O2. The molecule has 0 radical (unpaired) electrons. The molecule has 1 aliphatic carbocycles. The normalized spacial score (nSPS) is 23.9. The SMILES string of the molecule is O=C(NCC1CCCOC1)c1n[nH]c(C2CC2)n1. The lowest BCUT2D eigenvalue weighted by atomic mass is 10.0. The van der Waals surface area contributed by atoms with Gasteiger partial charge in [-0.05, 0) is 31.6 Å². The summed E-state index contributed by atoms with van der Waals surface area (Å²) in [4.78, 5) is 16.1. The van der Waals surface area contributed by atoms with Crippen LogP contribution in [0.1, 0.15) is 48.0 Å². The third kappa shape index (κ3) is 2.69. The molecule has 0 spiro atoms. The Morgan fingerprint density at radius 2 is 2.33 bits per heavy atom. The van der Waals surface area contributed by atoms with Gasteiger partial charge >= 0.3 is 0 Å². The van der Waals surface area contributed by atoms with Crippen molar-refractivity contribution < 1.29 is 9.53 Å². The molecule has 6 nitrogen and oxygen atoms in total. The minimum Gasteiger partial charge on any atom is -0.381 e. The fraction of sp³-hybridized carbons (Fsp3) is 0.750. The topological polar surface area (TPSA) is 79.9 Å². The minimum atomic E-state index is -0.191. The predicted octanol–water partition coefficient (Wildman–Crippen LogP) is 0.838. The van der Waals surface area contributed by atoms with Crippen molar-refractivity contribution in [2.75, 3.05) is 19.8 Å². The molecule has 1 saturated heterocycles. The number of aromatic nitrogens is 3. The van der Waals surface area contributed by atoms with Crippen LogP contribution < -0.4 is 5.32 Å². The van der Waals surface area contributed by atoms with Crippen molar-refractivity contribution in [1.29, 1.82) is 0 Å². The molecule has 0 bridgehead atoms. The average Bonchev–Trinajstić information content (AvgIpc) is 3.15. The van der Waals surface area contributed by atoms with Gasteiger partial charge in [0.2, 0.25) is 5.82 Å². The number of hydrogen-bond acceptors (Lipinski definition) is 4. The summed E-state index contributed by atoms with van der Waals surface area (Å²) in [6.45, 7) is 2.23. The van der Waals surface area contributed by atoms with E-state index in [0.717, 1.165) is 44.7 Å². The zero-order chi connectivity index (χ0) is 12.4. The molecule has 1 aromatic heterocycles. The first kappa shape index (κ1) is 11.6. The van der Waals surface area contributed by atoms with Crippen molar-refractivity contribution >= 4 is 5.91 Å². The quantitative estimate of drug-likeness (QED) is 0.829. The van der Waals surface area contributed by atoms with E-state index in [1.165, 1.54) is 0 Å². The summed E-state index contributed by atoms with van der Waals surface area (Å²) in [7, 11) is 0. The number of hydrogen-bond donors (Lipinski definition) is 2. The van der Waals surface area contributed by atoms with Crippen LogP contribution in [0.15, 0.2) is 0 Å². The third-order valence-corrected chi connectivity index (χ3v) is 3.48. The Morgan fingerprint density at radius 3 is 3.06 bits per heavy atom. The highest BCUT2D eigenvalue weighted by atomic mass is 16.5. The van der Waals surface area contributed by atoms with E-state index in [9.17, 15) is 4.79 Å². The van der Waals surface area contributed by atoms with E-state index in [1.54, 1.807) is 0 Å². The summed E-state index contributed by atoms with van der Waals surface area (Å²) in [5, 5.41) is 9.68. The Bertz CT molecular complexity index is 421. The van der Waals surface area contributed by atoms with E-state index < -0.39 is 0 Å². The Labute approximate surface area is 106 Å². The number of carbonyl (C=O) groups is 1. The van der Waals surface area contributed by atoms with Gasteiger partial charge in [0.05, 0.1) is 6.61 Å². The largest absolute Gasteiger partial charge is 0.381 e. The van der Waals surface area contributed by atoms with Gasteiger partial charge in [-0.2, -0.15) is 0 Å². The Morgan fingerprint density at radius 1 is 1.44 bits per heavy atom. The summed E-state index contributed by atoms with van der Waals surface area (Å²) in [5.41, 5.74) is 0. The number of aromatic amines is 1. The summed E-state index contributed by atoms with van der Waals surface area (Å²) >= 11 is 0. The van der Waals surface area contributed by atoms with Crippen LogP contribution in [-0.2, 0) is 4.74 Å². The van der Waals surface area contributed by atoms with E-state index in [0.29, 0.717) is 18.4 Å². The van der Waals surface area contributed by atoms with Crippen molar-refractivity contribution in [3.8, 4) is 0 Å². The van der Waals surface area contributed by atoms with Crippen LogP contribution in [0, 0.1) is 5.92 Å². The highest BCUT2D eigenvalue weighted by Gasteiger charge is 2.28. The summed E-state index contributed by atoms with van der Waals surface area (Å²) in [5.74, 6) is 1.83. The molecule has 98 valence electrons. The monoisotopic (exact) mass is 250 g/mol. The first-order chi connectivity index (χ1) is 8.83. The maximum absolute atomic E-state index is 11.8. The van der Waals surface area contributed by atoms with Crippen molar-refractivity contribution in [2.45, 2.75) is 31.6 Å². The van der Waals surface area contributed by atoms with Crippen molar-refractivity contribution in [3.63, 3.8) is 0 Å². The van der Waals surface area contributed by atoms with Gasteiger partial charge in [-0.3, -0.25) is 9.89 Å². The highest BCUT2D eigenvalue weighted by Crippen LogP contribution is 2.37. The first-order valence-electron chi connectivity index (χ1n) is 6.61. The van der Waals surface area contributed by atoms with E-state index in [1.807, 2.05) is 0 Å². The van der Waals surface area contributed by atoms with Crippen LogP contribution in [0.25, 0.3) is 0 Å². The maximum Gasteiger partial charge on any atom is 0.290 e. The average molecular weight is 250 g/mol. The molecule has 1 atom stereocenters. The van der Waals surface area contributed by atoms with Gasteiger partial charge in [-0.25, -0.2) is 4.98 Å². The lowest BCUT2D eigenvalue weighted by molar-refractivity contribution is 0.0535. The van der Waals surface area contributed by atoms with Crippen molar-refractivity contribution in [3.05, 3.63) is 11.6 Å². The molecule has 2 fully saturated rings. The first-order valence-corrected chi connectivity index (χ1v) is 6.61. The van der Waals surface area contributed by atoms with Gasteiger partial charge in [0.1, 0.15) is 5.82 Å². The van der Waals surface area contributed by atoms with Crippen LogP contribution in [0.4, 0.5) is 0 Å². The minimum absolute atomic E-state index is 0.191. The van der Waals surface area contributed by atoms with E-state index in [2.05, 4.69) is 20.5 Å². The number of nitrogens with zero attached hydrogens (tertiary/aromatic N) is 2. The lowest BCUT2D eigenvalue weighted by Crippen LogP contribution is -2.33. The molecule has 18 heavy (non-hydrogen) atoms. The molecule has 1 aromatic rings. The summed E-state index contributed by atoms with van der Waals surface area (Å²) < 4.78 is 5.38. The van der Waals surface area contributed by atoms with Crippen LogP contribution in [0.2, 0.25) is 0 Å². The highest BCUT2D eigenvalue weighted by molar-refractivity contribution is 5.90. The van der Waals surface area contributed by atoms with Gasteiger partial charge in [-0.15, -0.1) is 5.10 Å². The van der Waals surface area contributed by atoms with Gasteiger partial charge in [0.15, 0.2) is 0 Å². The second kappa shape index (κ2) is 5.06. The van der Waals surface area contributed by atoms with Gasteiger partial charge < -0.3 is 10.1 Å². The number of H-pyrrole nitrogens is 1. The molecule has 0 aromatic carbocycles. The summed E-state index contributed by atoms with van der Waals surface area (Å²) in [6, 6.07) is 0. The van der Waals surface area contributed by atoms with Crippen molar-refractivity contribution in [2.24, 2.45) is 5.92 Å². The molecule has 1 amide bonds. The van der Waals surface area contributed by atoms with Crippen LogP contribution >= 0.6 is 0 Å². The Balaban J connectivity index is 1.50. The van der Waals surface area contributed by atoms with Crippen LogP contribution in [0.5, 0.6) is 0 Å². The number of nitrogens with one attached hydrogen (secondary N) is 2. The zero-order valence-corrected chi connectivity index (χ0v) is 10.3. The predicted molar refractivity (Wildman–Crippen MR) is 64.2 cm³/mol. The van der Waals surface area contributed by atoms with Crippen LogP contribution in [-0.4, -0.2) is 40.8 Å². The fourth-order valence-electron chi connectivity index (χ4n) is 2.20. The molecule has 2 aliphatic rings. The fourth-order valence-corrected chi connectivity index (χ4v) is 2.20. The van der Waals surface area contributed by atoms with Gasteiger partial charge in [0.25, 0.3) is 5.91 Å². The van der Waals surface area contributed by atoms with Crippen molar-refractivity contribution in [1.82, 2.24) is 20.5 Å². The third-order valence-electron chi connectivity index (χ3n) is 3.48. The number of rotatable bonds is 4. The zero-order valence-electron chi connectivity index (χ0n) is 10.3. The number of ether oxygens (including phenoxy) is 1. The Hall–Kier alpha value is -1.43. The summed E-state index contributed by atoms with van der Waals surface area (Å²) in [6.07, 6.45) is 4.49. The molecule has 1 saturated carbocycles. The molecule has 3 rings (SSSR count). The van der Waals surface area contributed by atoms with E-state index in [-0.39, 0.29) is 11.7 Å². The molecule has 6 heteroatoms. The second-order valence-corrected chi connectivity index (χ2v) is 5.11. The Kier molecular flexibility index (Phi) is 3.27. The molecule has 1 aliphatic heterocycles. The van der Waals surface area contributed by atoms with Gasteiger partial charge in [0, 0.05) is 19.1 Å². The second-order valence-electron chi connectivity index (χ2n) is 5.11. The standard InChI is InChI=1S/C12H18N4O2/c17-12(13-6-8-2-1-5-18-7-8)11-14-10(15-16-11)9-3-4-9/h8-9H,1-7H2,(H,13,17)(H,14,15,16). The molecular weight excluding hydrogens is 232 g/mol. The smallest absolute Gasteiger partial charge is 0.290 e. The maximum atomic E-state index is 11.8. The van der Waals surface area contributed by atoms with E-state index in [4.69, 9.17) is 4.74 Å².